The lowest BCUT2D eigenvalue weighted by Crippen LogP contribution is -2.37. The number of carbonyl (C=O) groups is 2. The number of hydrogen-bond acceptors (Lipinski definition) is 3. The van der Waals surface area contributed by atoms with E-state index in [4.69, 9.17) is 4.74 Å². The molecule has 0 aromatic carbocycles. The molecule has 2 fully saturated rings. The molecule has 13 heavy (non-hydrogen) atoms. The molecule has 3 unspecified atom stereocenters. The highest BCUT2D eigenvalue weighted by Gasteiger charge is 2.50. The number of rotatable bonds is 2. The summed E-state index contributed by atoms with van der Waals surface area (Å²) in [5.41, 5.74) is 0. The Hall–Kier alpha value is -1.06. The Kier molecular flexibility index (Phi) is 1.98. The molecular weight excluding hydrogens is 170 g/mol. The van der Waals surface area contributed by atoms with Gasteiger partial charge in [0.2, 0.25) is 5.91 Å². The van der Waals surface area contributed by atoms with Crippen LogP contribution < -0.4 is 5.32 Å². The first kappa shape index (κ1) is 8.53. The van der Waals surface area contributed by atoms with Crippen LogP contribution in [0.3, 0.4) is 0 Å². The molecule has 1 N–H and O–H groups in total. The van der Waals surface area contributed by atoms with Gasteiger partial charge >= 0.3 is 5.97 Å². The molecular formula is C9H13NO3. The predicted molar refractivity (Wildman–Crippen MR) is 44.8 cm³/mol. The van der Waals surface area contributed by atoms with Crippen LogP contribution in [0.4, 0.5) is 0 Å². The Morgan fingerprint density at radius 3 is 2.92 bits per heavy atom. The second-order valence-corrected chi connectivity index (χ2v) is 3.64. The quantitative estimate of drug-likeness (QED) is 0.616. The summed E-state index contributed by atoms with van der Waals surface area (Å²) >= 11 is 0. The first-order valence-corrected chi connectivity index (χ1v) is 4.70. The normalized spacial score (nSPS) is 36.1. The van der Waals surface area contributed by atoms with Gasteiger partial charge in [0.05, 0.1) is 11.8 Å². The zero-order valence-corrected chi connectivity index (χ0v) is 7.58. The average Bonchev–Trinajstić information content (AvgIpc) is 2.62. The summed E-state index contributed by atoms with van der Waals surface area (Å²) < 4.78 is 5.00. The van der Waals surface area contributed by atoms with E-state index >= 15 is 0 Å². The van der Waals surface area contributed by atoms with E-state index in [0.29, 0.717) is 13.0 Å². The summed E-state index contributed by atoms with van der Waals surface area (Å²) in [4.78, 5) is 22.6. The molecule has 0 spiro atoms. The van der Waals surface area contributed by atoms with Crippen LogP contribution in [0.5, 0.6) is 0 Å². The van der Waals surface area contributed by atoms with Crippen molar-refractivity contribution in [3.8, 4) is 0 Å². The van der Waals surface area contributed by atoms with Crippen LogP contribution in [0.25, 0.3) is 0 Å². The Balaban J connectivity index is 2.03. The number of carbonyl (C=O) groups excluding carboxylic acids is 2. The minimum atomic E-state index is -0.187. The van der Waals surface area contributed by atoms with Gasteiger partial charge in [-0.15, -0.1) is 0 Å². The molecule has 2 rings (SSSR count). The fourth-order valence-corrected chi connectivity index (χ4v) is 2.19. The van der Waals surface area contributed by atoms with E-state index in [2.05, 4.69) is 5.32 Å². The first-order chi connectivity index (χ1) is 6.22. The molecule has 1 aliphatic heterocycles. The molecule has 72 valence electrons. The third-order valence-corrected chi connectivity index (χ3v) is 2.79. The van der Waals surface area contributed by atoms with Crippen molar-refractivity contribution in [2.24, 2.45) is 11.8 Å². The van der Waals surface area contributed by atoms with Gasteiger partial charge in [0.1, 0.15) is 6.10 Å². The SMILES string of the molecule is CCNC(=O)C1CC2CC1C(=O)O2. The van der Waals surface area contributed by atoms with Crippen LogP contribution >= 0.6 is 0 Å². The van der Waals surface area contributed by atoms with E-state index in [0.717, 1.165) is 6.42 Å². The highest BCUT2D eigenvalue weighted by Crippen LogP contribution is 2.41. The lowest BCUT2D eigenvalue weighted by atomic mass is 9.95. The summed E-state index contributed by atoms with van der Waals surface area (Å²) in [6.45, 7) is 2.51. The Morgan fingerprint density at radius 2 is 2.38 bits per heavy atom. The third-order valence-electron chi connectivity index (χ3n) is 2.79. The van der Waals surface area contributed by atoms with Gasteiger partial charge < -0.3 is 10.1 Å². The molecule has 0 radical (unpaired) electrons. The van der Waals surface area contributed by atoms with Gasteiger partial charge in [0.15, 0.2) is 0 Å². The van der Waals surface area contributed by atoms with Gasteiger partial charge in [-0.25, -0.2) is 0 Å². The summed E-state index contributed by atoms with van der Waals surface area (Å²) in [6, 6.07) is 0. The van der Waals surface area contributed by atoms with Gasteiger partial charge in [0, 0.05) is 6.54 Å². The predicted octanol–water partition coefficient (Wildman–Crippen LogP) is 0.0741. The summed E-state index contributed by atoms with van der Waals surface area (Å²) in [5, 5.41) is 2.75. The maximum Gasteiger partial charge on any atom is 0.310 e. The summed E-state index contributed by atoms with van der Waals surface area (Å²) in [5.74, 6) is -0.484. The van der Waals surface area contributed by atoms with Crippen LogP contribution in [0.2, 0.25) is 0 Å². The molecule has 3 atom stereocenters. The number of nitrogens with one attached hydrogen (secondary N) is 1. The number of ether oxygens (including phenoxy) is 1. The number of fused-ring (bicyclic) bond motifs is 2. The Bertz CT molecular complexity index is 251. The monoisotopic (exact) mass is 183 g/mol. The van der Waals surface area contributed by atoms with Crippen LogP contribution in [0.15, 0.2) is 0 Å². The molecule has 2 bridgehead atoms. The topological polar surface area (TPSA) is 55.4 Å². The van der Waals surface area contributed by atoms with Crippen molar-refractivity contribution in [2.75, 3.05) is 6.54 Å². The smallest absolute Gasteiger partial charge is 0.310 e. The van der Waals surface area contributed by atoms with E-state index < -0.39 is 0 Å². The zero-order valence-electron chi connectivity index (χ0n) is 7.58. The highest BCUT2D eigenvalue weighted by molar-refractivity contribution is 5.87. The molecule has 1 saturated heterocycles. The van der Waals surface area contributed by atoms with Crippen molar-refractivity contribution in [2.45, 2.75) is 25.9 Å². The van der Waals surface area contributed by atoms with E-state index in [9.17, 15) is 9.59 Å². The maximum atomic E-state index is 11.5. The van der Waals surface area contributed by atoms with E-state index in [1.54, 1.807) is 0 Å². The molecule has 4 nitrogen and oxygen atoms in total. The largest absolute Gasteiger partial charge is 0.462 e. The average molecular weight is 183 g/mol. The number of esters is 1. The highest BCUT2D eigenvalue weighted by atomic mass is 16.6. The third kappa shape index (κ3) is 1.30. The van der Waals surface area contributed by atoms with Gasteiger partial charge in [-0.3, -0.25) is 9.59 Å². The maximum absolute atomic E-state index is 11.5. The minimum absolute atomic E-state index is 0.00473. The van der Waals surface area contributed by atoms with Crippen LogP contribution in [0, 0.1) is 11.8 Å². The second-order valence-electron chi connectivity index (χ2n) is 3.64. The minimum Gasteiger partial charge on any atom is -0.462 e. The summed E-state index contributed by atoms with van der Waals surface area (Å²) in [7, 11) is 0. The fourth-order valence-electron chi connectivity index (χ4n) is 2.19. The van der Waals surface area contributed by atoms with E-state index in [1.807, 2.05) is 6.92 Å². The Morgan fingerprint density at radius 1 is 1.62 bits per heavy atom. The molecule has 1 heterocycles. The van der Waals surface area contributed by atoms with Crippen molar-refractivity contribution in [3.05, 3.63) is 0 Å². The van der Waals surface area contributed by atoms with E-state index in [-0.39, 0.29) is 29.8 Å². The van der Waals surface area contributed by atoms with Crippen molar-refractivity contribution >= 4 is 11.9 Å². The van der Waals surface area contributed by atoms with Gasteiger partial charge in [-0.05, 0) is 19.8 Å². The first-order valence-electron chi connectivity index (χ1n) is 4.70. The number of hydrogen-bond donors (Lipinski definition) is 1. The molecule has 2 aliphatic rings. The van der Waals surface area contributed by atoms with Gasteiger partial charge in [-0.1, -0.05) is 0 Å². The molecule has 1 saturated carbocycles. The van der Waals surface area contributed by atoms with Crippen LogP contribution in [-0.2, 0) is 14.3 Å². The standard InChI is InChI=1S/C9H13NO3/c1-2-10-8(11)6-3-5-4-7(6)9(12)13-5/h5-7H,2-4H2,1H3,(H,10,11). The van der Waals surface area contributed by atoms with Crippen LogP contribution in [0.1, 0.15) is 19.8 Å². The van der Waals surface area contributed by atoms with Gasteiger partial charge in [-0.2, -0.15) is 0 Å². The lowest BCUT2D eigenvalue weighted by Gasteiger charge is -2.19. The Labute approximate surface area is 76.6 Å². The molecule has 1 aliphatic carbocycles. The van der Waals surface area contributed by atoms with Crippen molar-refractivity contribution in [1.82, 2.24) is 5.32 Å². The lowest BCUT2D eigenvalue weighted by molar-refractivity contribution is -0.153. The van der Waals surface area contributed by atoms with Crippen LogP contribution in [-0.4, -0.2) is 24.5 Å². The van der Waals surface area contributed by atoms with Crippen molar-refractivity contribution < 1.29 is 14.3 Å². The number of amides is 1. The second kappa shape index (κ2) is 3.01. The van der Waals surface area contributed by atoms with Crippen molar-refractivity contribution in [1.29, 1.82) is 0 Å². The van der Waals surface area contributed by atoms with Crippen molar-refractivity contribution in [3.63, 3.8) is 0 Å². The molecule has 0 aromatic rings. The molecule has 1 amide bonds. The fraction of sp³-hybridized carbons (Fsp3) is 0.778. The zero-order chi connectivity index (χ0) is 9.42. The molecule has 0 aromatic heterocycles. The molecule has 4 heteroatoms. The summed E-state index contributed by atoms with van der Waals surface area (Å²) in [6.07, 6.45) is 1.45. The van der Waals surface area contributed by atoms with Gasteiger partial charge in [0.25, 0.3) is 0 Å². The van der Waals surface area contributed by atoms with E-state index in [1.165, 1.54) is 0 Å².